The number of para-hydroxylation sites is 1. The highest BCUT2D eigenvalue weighted by molar-refractivity contribution is 7.10. The van der Waals surface area contributed by atoms with Crippen LogP contribution in [0.1, 0.15) is 97.6 Å². The van der Waals surface area contributed by atoms with E-state index in [2.05, 4.69) is 18.0 Å². The Balaban J connectivity index is 1.27. The Kier molecular flexibility index (Phi) is 10.4. The predicted molar refractivity (Wildman–Crippen MR) is 187 cm³/mol. The minimum Gasteiger partial charge on any atom is -0.493 e. The Labute approximate surface area is 289 Å². The van der Waals surface area contributed by atoms with Crippen LogP contribution in [0.3, 0.4) is 0 Å². The van der Waals surface area contributed by atoms with Crippen LogP contribution in [0.15, 0.2) is 54.0 Å². The van der Waals surface area contributed by atoms with E-state index in [1.54, 1.807) is 17.5 Å². The SMILES string of the molecule is CCC[C@H]1N(C(=O)c2ncccc2C)CCC[C@@]1(Oc1csc(C)c1)C(=O)N1CCC(C#N)(c2ccccc2OCCC2CCC2)CC1. The summed E-state index contributed by atoms with van der Waals surface area (Å²) in [6.45, 7) is 8.04. The van der Waals surface area contributed by atoms with Crippen molar-refractivity contribution in [1.29, 1.82) is 5.26 Å². The standard InChI is InChI=1S/C39H48N4O4S/c1-4-10-34-39(47-31-25-29(3)48-26-31,17-9-21-43(34)36(44)35-28(2)11-8-20-41-35)37(45)42-22-18-38(27-40,19-23-42)32-14-5-6-15-33(32)46-24-16-30-12-7-13-30/h5-6,8,11,14-15,20,25-26,30,34H,4,7,9-10,12-13,16-19,21-24H2,1-3H3/t34-,39+/m1/s1. The Bertz CT molecular complexity index is 1640. The molecule has 2 aromatic heterocycles. The molecule has 2 amide bonds. The molecule has 1 aromatic carbocycles. The number of nitriles is 1. The van der Waals surface area contributed by atoms with Crippen molar-refractivity contribution in [3.05, 3.63) is 75.7 Å². The summed E-state index contributed by atoms with van der Waals surface area (Å²) in [5.74, 6) is 1.92. The molecule has 4 heterocycles. The maximum Gasteiger partial charge on any atom is 0.273 e. The van der Waals surface area contributed by atoms with Gasteiger partial charge in [-0.3, -0.25) is 14.6 Å². The molecule has 9 heteroatoms. The molecule has 0 unspecified atom stereocenters. The number of ether oxygens (including phenoxy) is 2. The van der Waals surface area contributed by atoms with Gasteiger partial charge in [0.1, 0.15) is 17.2 Å². The van der Waals surface area contributed by atoms with Crippen LogP contribution in [0.25, 0.3) is 0 Å². The molecule has 3 aliphatic rings. The van der Waals surface area contributed by atoms with E-state index >= 15 is 4.79 Å². The number of nitrogens with zero attached hydrogens (tertiary/aromatic N) is 4. The van der Waals surface area contributed by atoms with Crippen molar-refractivity contribution in [3.63, 3.8) is 0 Å². The van der Waals surface area contributed by atoms with E-state index in [4.69, 9.17) is 9.47 Å². The third-order valence-electron chi connectivity index (χ3n) is 10.8. The van der Waals surface area contributed by atoms with Gasteiger partial charge in [0.2, 0.25) is 5.60 Å². The van der Waals surface area contributed by atoms with Crippen LogP contribution >= 0.6 is 11.3 Å². The van der Waals surface area contributed by atoms with Crippen LogP contribution in [-0.4, -0.2) is 64.5 Å². The molecule has 0 bridgehead atoms. The number of hydrogen-bond donors (Lipinski definition) is 0. The molecule has 48 heavy (non-hydrogen) atoms. The van der Waals surface area contributed by atoms with Gasteiger partial charge in [-0.2, -0.15) is 5.26 Å². The lowest BCUT2D eigenvalue weighted by Gasteiger charge is -2.51. The van der Waals surface area contributed by atoms with Gasteiger partial charge in [-0.1, -0.05) is 56.9 Å². The van der Waals surface area contributed by atoms with E-state index in [0.29, 0.717) is 69.8 Å². The summed E-state index contributed by atoms with van der Waals surface area (Å²) in [5.41, 5.74) is 0.132. The van der Waals surface area contributed by atoms with Crippen molar-refractivity contribution in [2.24, 2.45) is 5.92 Å². The number of aryl methyl sites for hydroxylation is 2. The van der Waals surface area contributed by atoms with Gasteiger partial charge >= 0.3 is 0 Å². The fourth-order valence-electron chi connectivity index (χ4n) is 7.84. The second-order valence-electron chi connectivity index (χ2n) is 13.9. The van der Waals surface area contributed by atoms with Crippen molar-refractivity contribution in [2.75, 3.05) is 26.2 Å². The van der Waals surface area contributed by atoms with Crippen molar-refractivity contribution < 1.29 is 19.1 Å². The number of carbonyl (C=O) groups is 2. The van der Waals surface area contributed by atoms with Gasteiger partial charge in [0.25, 0.3) is 11.8 Å². The normalized spacial score (nSPS) is 22.4. The molecular weight excluding hydrogens is 621 g/mol. The number of aromatic nitrogens is 1. The van der Waals surface area contributed by atoms with Crippen molar-refractivity contribution in [3.8, 4) is 17.6 Å². The Morgan fingerprint density at radius 2 is 1.83 bits per heavy atom. The summed E-state index contributed by atoms with van der Waals surface area (Å²) in [4.78, 5) is 38.4. The molecule has 1 saturated carbocycles. The zero-order valence-electron chi connectivity index (χ0n) is 28.6. The van der Waals surface area contributed by atoms with Gasteiger partial charge in [0.15, 0.2) is 0 Å². The predicted octanol–water partition coefficient (Wildman–Crippen LogP) is 7.64. The van der Waals surface area contributed by atoms with E-state index in [0.717, 1.165) is 40.5 Å². The number of benzene rings is 1. The molecule has 3 aromatic rings. The first-order valence-electron chi connectivity index (χ1n) is 17.7. The number of piperidine rings is 2. The lowest BCUT2D eigenvalue weighted by atomic mass is 9.72. The largest absolute Gasteiger partial charge is 0.493 e. The molecule has 8 nitrogen and oxygen atoms in total. The smallest absolute Gasteiger partial charge is 0.273 e. The highest BCUT2D eigenvalue weighted by Gasteiger charge is 2.56. The number of pyridine rings is 1. The average Bonchev–Trinajstić information content (AvgIpc) is 3.50. The lowest BCUT2D eigenvalue weighted by Crippen LogP contribution is -2.68. The molecule has 0 N–H and O–H groups in total. The van der Waals surface area contributed by atoms with Crippen LogP contribution in [0.2, 0.25) is 0 Å². The average molecular weight is 669 g/mol. The molecule has 2 atom stereocenters. The van der Waals surface area contributed by atoms with Crippen LogP contribution in [0.5, 0.6) is 11.5 Å². The maximum atomic E-state index is 15.0. The minimum absolute atomic E-state index is 0.100. The topological polar surface area (TPSA) is 95.8 Å². The van der Waals surface area contributed by atoms with E-state index in [1.807, 2.05) is 71.5 Å². The van der Waals surface area contributed by atoms with Gasteiger partial charge in [0, 0.05) is 48.1 Å². The highest BCUT2D eigenvalue weighted by atomic mass is 32.1. The van der Waals surface area contributed by atoms with Crippen LogP contribution in [-0.2, 0) is 10.2 Å². The van der Waals surface area contributed by atoms with Gasteiger partial charge in [0.05, 0.1) is 24.1 Å². The first-order chi connectivity index (χ1) is 23.3. The first-order valence-corrected chi connectivity index (χ1v) is 18.6. The molecule has 2 aliphatic heterocycles. The number of likely N-dealkylation sites (tertiary alicyclic amines) is 2. The highest BCUT2D eigenvalue weighted by Crippen LogP contribution is 2.43. The summed E-state index contributed by atoms with van der Waals surface area (Å²) < 4.78 is 13.2. The number of carbonyl (C=O) groups excluding carboxylic acids is 2. The Morgan fingerprint density at radius 3 is 2.50 bits per heavy atom. The number of thiophene rings is 1. The van der Waals surface area contributed by atoms with Gasteiger partial charge < -0.3 is 19.3 Å². The molecule has 254 valence electrons. The number of amides is 2. The Morgan fingerprint density at radius 1 is 1.04 bits per heavy atom. The fourth-order valence-corrected chi connectivity index (χ4v) is 8.44. The fraction of sp³-hybridized carbons (Fsp3) is 0.538. The summed E-state index contributed by atoms with van der Waals surface area (Å²) in [7, 11) is 0. The molecule has 6 rings (SSSR count). The van der Waals surface area contributed by atoms with Crippen molar-refractivity contribution >= 4 is 23.2 Å². The van der Waals surface area contributed by atoms with E-state index in [-0.39, 0.29) is 11.8 Å². The third kappa shape index (κ3) is 6.69. The van der Waals surface area contributed by atoms with Crippen LogP contribution in [0, 0.1) is 31.1 Å². The molecule has 2 saturated heterocycles. The second kappa shape index (κ2) is 14.7. The molecule has 3 fully saturated rings. The van der Waals surface area contributed by atoms with E-state index in [9.17, 15) is 10.1 Å². The summed E-state index contributed by atoms with van der Waals surface area (Å²) in [5, 5.41) is 12.6. The quantitative estimate of drug-likeness (QED) is 0.209. The third-order valence-corrected chi connectivity index (χ3v) is 11.6. The van der Waals surface area contributed by atoms with E-state index in [1.165, 1.54) is 19.3 Å². The summed E-state index contributed by atoms with van der Waals surface area (Å²) >= 11 is 1.58. The molecular formula is C39H48N4O4S. The molecule has 0 spiro atoms. The number of rotatable bonds is 11. The molecule has 0 radical (unpaired) electrons. The van der Waals surface area contributed by atoms with Crippen molar-refractivity contribution in [1.82, 2.24) is 14.8 Å². The molecule has 1 aliphatic carbocycles. The van der Waals surface area contributed by atoms with Crippen molar-refractivity contribution in [2.45, 2.75) is 102 Å². The lowest BCUT2D eigenvalue weighted by molar-refractivity contribution is -0.160. The summed E-state index contributed by atoms with van der Waals surface area (Å²) in [6, 6.07) is 15.8. The summed E-state index contributed by atoms with van der Waals surface area (Å²) in [6.07, 6.45) is 10.1. The second-order valence-corrected chi connectivity index (χ2v) is 15.0. The van der Waals surface area contributed by atoms with Gasteiger partial charge in [-0.05, 0) is 75.6 Å². The number of hydrogen-bond acceptors (Lipinski definition) is 7. The van der Waals surface area contributed by atoms with Crippen LogP contribution < -0.4 is 9.47 Å². The van der Waals surface area contributed by atoms with E-state index < -0.39 is 17.1 Å². The van der Waals surface area contributed by atoms with Gasteiger partial charge in [-0.25, -0.2) is 0 Å². The van der Waals surface area contributed by atoms with Crippen LogP contribution in [0.4, 0.5) is 0 Å². The monoisotopic (exact) mass is 668 g/mol. The minimum atomic E-state index is -1.25. The zero-order chi connectivity index (χ0) is 33.7. The Hall–Kier alpha value is -3.90. The first kappa shape index (κ1) is 34.0. The van der Waals surface area contributed by atoms with Gasteiger partial charge in [-0.15, -0.1) is 11.3 Å². The maximum absolute atomic E-state index is 15.0. The zero-order valence-corrected chi connectivity index (χ0v) is 29.4.